The monoisotopic (exact) mass is 257 g/mol. The molecule has 0 bridgehead atoms. The fraction of sp³-hybridized carbons (Fsp3) is 0.545. The van der Waals surface area contributed by atoms with E-state index in [0.717, 1.165) is 0 Å². The van der Waals surface area contributed by atoms with Gasteiger partial charge in [-0.1, -0.05) is 6.08 Å². The van der Waals surface area contributed by atoms with Gasteiger partial charge in [-0.05, 0) is 0 Å². The van der Waals surface area contributed by atoms with Crippen molar-refractivity contribution in [3.8, 4) is 0 Å². The summed E-state index contributed by atoms with van der Waals surface area (Å²) in [4.78, 5) is 12.2. The summed E-state index contributed by atoms with van der Waals surface area (Å²) in [6.07, 6.45) is 0.659. The first-order valence-electron chi connectivity index (χ1n) is 5.55. The molecule has 7 heteroatoms. The first-order valence-corrected chi connectivity index (χ1v) is 5.55. The van der Waals surface area contributed by atoms with E-state index in [9.17, 15) is 15.0 Å². The van der Waals surface area contributed by atoms with Crippen LogP contribution in [0, 0.1) is 0 Å². The summed E-state index contributed by atoms with van der Waals surface area (Å²) >= 11 is 0. The zero-order chi connectivity index (χ0) is 13.3. The Hall–Kier alpha value is -1.41. The molecule has 0 aromatic rings. The van der Waals surface area contributed by atoms with Crippen LogP contribution in [0.1, 0.15) is 6.42 Å². The van der Waals surface area contributed by atoms with E-state index in [-0.39, 0.29) is 5.57 Å². The topological polar surface area (TPSA) is 110 Å². The molecule has 2 aliphatic rings. The van der Waals surface area contributed by atoms with E-state index in [0.29, 0.717) is 6.42 Å². The van der Waals surface area contributed by atoms with Crippen LogP contribution in [0.25, 0.3) is 0 Å². The van der Waals surface area contributed by atoms with Gasteiger partial charge in [0.1, 0.15) is 18.3 Å². The number of allylic oxidation sites excluding steroid dienone is 1. The predicted molar refractivity (Wildman–Crippen MR) is 59.1 cm³/mol. The Labute approximate surface area is 103 Å². The largest absolute Gasteiger partial charge is 0.478 e. The number of hydrogen-bond acceptors (Lipinski definition) is 6. The highest BCUT2D eigenvalue weighted by Crippen LogP contribution is 2.26. The van der Waals surface area contributed by atoms with Crippen LogP contribution >= 0.6 is 0 Å². The number of carbonyl (C=O) groups is 1. The molecule has 0 aromatic carbocycles. The number of rotatable bonds is 3. The molecule has 0 radical (unpaired) electrons. The third kappa shape index (κ3) is 2.25. The normalized spacial score (nSPS) is 35.7. The van der Waals surface area contributed by atoms with Crippen molar-refractivity contribution in [1.29, 1.82) is 0 Å². The van der Waals surface area contributed by atoms with Gasteiger partial charge >= 0.3 is 5.97 Å². The van der Waals surface area contributed by atoms with Gasteiger partial charge in [-0.15, -0.1) is 0 Å². The van der Waals surface area contributed by atoms with Crippen molar-refractivity contribution >= 4 is 5.97 Å². The highest BCUT2D eigenvalue weighted by molar-refractivity contribution is 5.87. The van der Waals surface area contributed by atoms with E-state index in [4.69, 9.17) is 14.9 Å². The maximum Gasteiger partial charge on any atom is 0.333 e. The van der Waals surface area contributed by atoms with Gasteiger partial charge in [-0.2, -0.15) is 0 Å². The molecule has 1 unspecified atom stereocenters. The number of aliphatic hydroxyl groups is 3. The lowest BCUT2D eigenvalue weighted by Gasteiger charge is -2.28. The lowest BCUT2D eigenvalue weighted by molar-refractivity contribution is -0.133. The summed E-state index contributed by atoms with van der Waals surface area (Å²) in [6.45, 7) is -0.415. The second-order valence-electron chi connectivity index (χ2n) is 4.22. The zero-order valence-electron chi connectivity index (χ0n) is 9.51. The van der Waals surface area contributed by atoms with Gasteiger partial charge in [0, 0.05) is 18.8 Å². The molecule has 100 valence electrons. The molecule has 0 aromatic heterocycles. The number of aliphatic hydroxyl groups excluding tert-OH is 3. The molecular weight excluding hydrogens is 242 g/mol. The van der Waals surface area contributed by atoms with E-state index in [1.165, 1.54) is 11.1 Å². The van der Waals surface area contributed by atoms with Crippen LogP contribution < -0.4 is 0 Å². The minimum atomic E-state index is -1.21. The van der Waals surface area contributed by atoms with Gasteiger partial charge < -0.3 is 30.1 Å². The molecule has 7 nitrogen and oxygen atoms in total. The Morgan fingerprint density at radius 2 is 2.17 bits per heavy atom. The molecular formula is C11H15NO6. The molecule has 18 heavy (non-hydrogen) atoms. The quantitative estimate of drug-likeness (QED) is 0.493. The Kier molecular flexibility index (Phi) is 3.67. The Bertz CT molecular complexity index is 393. The summed E-state index contributed by atoms with van der Waals surface area (Å²) in [7, 11) is 0. The first kappa shape index (κ1) is 13.0. The minimum absolute atomic E-state index is 0.162. The Morgan fingerprint density at radius 3 is 2.72 bits per heavy atom. The molecule has 1 saturated heterocycles. The third-order valence-electron chi connectivity index (χ3n) is 3.01. The smallest absolute Gasteiger partial charge is 0.333 e. The fourth-order valence-corrected chi connectivity index (χ4v) is 2.00. The van der Waals surface area contributed by atoms with Crippen LogP contribution in [0.4, 0.5) is 0 Å². The maximum atomic E-state index is 10.9. The van der Waals surface area contributed by atoms with Crippen LogP contribution in [0.2, 0.25) is 0 Å². The molecule has 2 rings (SSSR count). The summed E-state index contributed by atoms with van der Waals surface area (Å²) in [5, 5.41) is 37.3. The lowest BCUT2D eigenvalue weighted by atomic mass is 10.1. The van der Waals surface area contributed by atoms with Crippen molar-refractivity contribution in [2.75, 3.05) is 6.61 Å². The standard InChI is InChI=1S/C11H15NO6/c13-5-7-8(14)9(15)10(18-7)12-3-1-2-6(4-12)11(16)17/h1,3-4,7-10,13-15H,2,5H2,(H,16,17)/t7?,8-,9-,10-/m1/s1. The van der Waals surface area contributed by atoms with Crippen LogP contribution in [0.3, 0.4) is 0 Å². The van der Waals surface area contributed by atoms with Crippen molar-refractivity contribution in [3.63, 3.8) is 0 Å². The minimum Gasteiger partial charge on any atom is -0.478 e. The Morgan fingerprint density at radius 1 is 1.44 bits per heavy atom. The molecule has 0 saturated carbocycles. The number of hydrogen-bond donors (Lipinski definition) is 4. The Balaban J connectivity index is 2.15. The van der Waals surface area contributed by atoms with E-state index in [2.05, 4.69) is 0 Å². The molecule has 0 amide bonds. The second-order valence-corrected chi connectivity index (χ2v) is 4.22. The van der Waals surface area contributed by atoms with Gasteiger partial charge in [0.2, 0.25) is 0 Å². The molecule has 4 atom stereocenters. The highest BCUT2D eigenvalue weighted by Gasteiger charge is 2.44. The fourth-order valence-electron chi connectivity index (χ4n) is 2.00. The van der Waals surface area contributed by atoms with Crippen molar-refractivity contribution in [3.05, 3.63) is 24.0 Å². The van der Waals surface area contributed by atoms with Crippen molar-refractivity contribution < 1.29 is 30.0 Å². The number of aliphatic carboxylic acids is 1. The van der Waals surface area contributed by atoms with Crippen LogP contribution in [0.15, 0.2) is 24.0 Å². The van der Waals surface area contributed by atoms with Gasteiger partial charge in [0.05, 0.1) is 12.2 Å². The average Bonchev–Trinajstić information content (AvgIpc) is 2.66. The molecule has 2 heterocycles. The summed E-state index contributed by atoms with van der Waals surface area (Å²) < 4.78 is 5.29. The SMILES string of the molecule is O=C(O)C1=CN([C@@H]2OC(CO)[C@@H](O)[C@H]2O)C=CC1. The van der Waals surface area contributed by atoms with Crippen molar-refractivity contribution in [1.82, 2.24) is 4.90 Å². The number of carboxylic acids is 1. The van der Waals surface area contributed by atoms with Crippen LogP contribution in [-0.4, -0.2) is 62.4 Å². The van der Waals surface area contributed by atoms with E-state index < -0.39 is 37.1 Å². The summed E-state index contributed by atoms with van der Waals surface area (Å²) in [6, 6.07) is 0. The number of carboxylic acid groups (broad SMARTS) is 1. The first-order chi connectivity index (χ1) is 8.54. The van der Waals surface area contributed by atoms with Gasteiger partial charge in [-0.25, -0.2) is 4.79 Å². The van der Waals surface area contributed by atoms with Crippen molar-refractivity contribution in [2.24, 2.45) is 0 Å². The maximum absolute atomic E-state index is 10.9. The molecule has 0 aliphatic carbocycles. The summed E-state index contributed by atoms with van der Waals surface area (Å²) in [5.41, 5.74) is 0.162. The average molecular weight is 257 g/mol. The summed E-state index contributed by atoms with van der Waals surface area (Å²) in [5.74, 6) is -1.05. The van der Waals surface area contributed by atoms with E-state index >= 15 is 0 Å². The lowest BCUT2D eigenvalue weighted by Crippen LogP contribution is -2.40. The third-order valence-corrected chi connectivity index (χ3v) is 3.01. The molecule has 1 fully saturated rings. The van der Waals surface area contributed by atoms with Crippen LogP contribution in [0.5, 0.6) is 0 Å². The second kappa shape index (κ2) is 5.07. The van der Waals surface area contributed by atoms with Gasteiger partial charge in [-0.3, -0.25) is 0 Å². The van der Waals surface area contributed by atoms with Crippen LogP contribution in [-0.2, 0) is 9.53 Å². The predicted octanol–water partition coefficient (Wildman–Crippen LogP) is -1.39. The number of nitrogens with zero attached hydrogens (tertiary/aromatic N) is 1. The van der Waals surface area contributed by atoms with E-state index in [1.54, 1.807) is 12.3 Å². The molecule has 4 N–H and O–H groups in total. The number of ether oxygens (including phenoxy) is 1. The molecule has 2 aliphatic heterocycles. The zero-order valence-corrected chi connectivity index (χ0v) is 9.51. The molecule has 0 spiro atoms. The van der Waals surface area contributed by atoms with Gasteiger partial charge in [0.15, 0.2) is 6.23 Å². The highest BCUT2D eigenvalue weighted by atomic mass is 16.6. The van der Waals surface area contributed by atoms with Crippen molar-refractivity contribution in [2.45, 2.75) is 31.0 Å². The van der Waals surface area contributed by atoms with Gasteiger partial charge in [0.25, 0.3) is 0 Å². The van der Waals surface area contributed by atoms with E-state index in [1.807, 2.05) is 0 Å².